The number of terminal acetylenes is 1. The summed E-state index contributed by atoms with van der Waals surface area (Å²) in [6.07, 6.45) is 5.19. The van der Waals surface area contributed by atoms with E-state index in [4.69, 9.17) is 11.7 Å². The molecule has 1 heterocycles. The van der Waals surface area contributed by atoms with Crippen molar-refractivity contribution in [3.05, 3.63) is 23.4 Å². The molecule has 0 aliphatic carbocycles. The molecule has 1 aromatic rings. The molecule has 0 aromatic carbocycles. The van der Waals surface area contributed by atoms with Gasteiger partial charge in [0.25, 0.3) is 0 Å². The first kappa shape index (κ1) is 10.1. The van der Waals surface area contributed by atoms with Crippen LogP contribution in [-0.4, -0.2) is 18.6 Å². The third kappa shape index (κ3) is 2.02. The molecule has 3 nitrogen and oxygen atoms in total. The van der Waals surface area contributed by atoms with E-state index >= 15 is 0 Å². The Balaban J connectivity index is 3.13. The Morgan fingerprint density at radius 1 is 1.57 bits per heavy atom. The quantitative estimate of drug-likeness (QED) is 0.652. The number of hydrogen-bond acceptors (Lipinski definition) is 3. The topological polar surface area (TPSA) is 39.9 Å². The molecular formula is C11H11N3. The van der Waals surface area contributed by atoms with Crippen LogP contribution in [0.2, 0.25) is 0 Å². The molecule has 70 valence electrons. The number of rotatable bonds is 2. The zero-order chi connectivity index (χ0) is 10.6. The molecule has 0 unspecified atom stereocenters. The van der Waals surface area contributed by atoms with Gasteiger partial charge < -0.3 is 4.90 Å². The fraction of sp³-hybridized carbons (Fsp3) is 0.273. The Labute approximate surface area is 84.0 Å². The Morgan fingerprint density at radius 2 is 2.29 bits per heavy atom. The summed E-state index contributed by atoms with van der Waals surface area (Å²) in [5.74, 6) is 3.16. The number of aryl methyl sites for hydroxylation is 1. The second-order valence-corrected chi connectivity index (χ2v) is 3.00. The Morgan fingerprint density at radius 3 is 2.86 bits per heavy atom. The summed E-state index contributed by atoms with van der Waals surface area (Å²) in [4.78, 5) is 6.05. The highest BCUT2D eigenvalue weighted by Crippen LogP contribution is 2.15. The predicted molar refractivity (Wildman–Crippen MR) is 55.8 cm³/mol. The van der Waals surface area contributed by atoms with Crippen LogP contribution in [0.3, 0.4) is 0 Å². The maximum Gasteiger partial charge on any atom is 0.147 e. The average Bonchev–Trinajstić information content (AvgIpc) is 2.18. The summed E-state index contributed by atoms with van der Waals surface area (Å²) < 4.78 is 0. The van der Waals surface area contributed by atoms with Crippen LogP contribution >= 0.6 is 0 Å². The number of pyridine rings is 1. The molecule has 0 atom stereocenters. The molecular weight excluding hydrogens is 174 g/mol. The van der Waals surface area contributed by atoms with Crippen LogP contribution in [0.1, 0.15) is 11.3 Å². The molecule has 0 fully saturated rings. The summed E-state index contributed by atoms with van der Waals surface area (Å²) in [7, 11) is 1.82. The van der Waals surface area contributed by atoms with Gasteiger partial charge in [0.05, 0.1) is 12.1 Å². The van der Waals surface area contributed by atoms with E-state index in [9.17, 15) is 0 Å². The molecule has 14 heavy (non-hydrogen) atoms. The fourth-order valence-corrected chi connectivity index (χ4v) is 1.13. The van der Waals surface area contributed by atoms with Crippen molar-refractivity contribution in [1.29, 1.82) is 5.26 Å². The van der Waals surface area contributed by atoms with E-state index in [-0.39, 0.29) is 0 Å². The van der Waals surface area contributed by atoms with Crippen LogP contribution in [0.5, 0.6) is 0 Å². The molecule has 0 aliphatic heterocycles. The van der Waals surface area contributed by atoms with E-state index in [0.29, 0.717) is 17.9 Å². The smallest absolute Gasteiger partial charge is 0.147 e. The van der Waals surface area contributed by atoms with Crippen LogP contribution in [-0.2, 0) is 0 Å². The van der Waals surface area contributed by atoms with Gasteiger partial charge in [0.2, 0.25) is 0 Å². The van der Waals surface area contributed by atoms with Gasteiger partial charge in [-0.2, -0.15) is 5.26 Å². The molecule has 0 saturated heterocycles. The van der Waals surface area contributed by atoms with Crippen LogP contribution in [0, 0.1) is 30.6 Å². The highest BCUT2D eigenvalue weighted by atomic mass is 15.2. The summed E-state index contributed by atoms with van der Waals surface area (Å²) in [6.45, 7) is 2.33. The van der Waals surface area contributed by atoms with Crippen molar-refractivity contribution < 1.29 is 0 Å². The minimum Gasteiger partial charge on any atom is -0.347 e. The number of aromatic nitrogens is 1. The average molecular weight is 185 g/mol. The number of nitriles is 1. The number of hydrogen-bond donors (Lipinski definition) is 0. The molecule has 1 rings (SSSR count). The SMILES string of the molecule is C#CCN(C)c1nc(C)ccc1C#N. The molecule has 0 N–H and O–H groups in total. The first-order valence-electron chi connectivity index (χ1n) is 4.21. The van der Waals surface area contributed by atoms with Gasteiger partial charge in [0, 0.05) is 12.7 Å². The van der Waals surface area contributed by atoms with Gasteiger partial charge >= 0.3 is 0 Å². The van der Waals surface area contributed by atoms with Gasteiger partial charge in [-0.1, -0.05) is 5.92 Å². The van der Waals surface area contributed by atoms with Crippen LogP contribution in [0.15, 0.2) is 12.1 Å². The number of nitrogens with zero attached hydrogens (tertiary/aromatic N) is 3. The van der Waals surface area contributed by atoms with E-state index in [1.807, 2.05) is 20.0 Å². The van der Waals surface area contributed by atoms with Crippen molar-refractivity contribution in [2.75, 3.05) is 18.5 Å². The maximum absolute atomic E-state index is 8.86. The molecule has 0 radical (unpaired) electrons. The van der Waals surface area contributed by atoms with E-state index in [1.165, 1.54) is 0 Å². The molecule has 1 aromatic heterocycles. The monoisotopic (exact) mass is 185 g/mol. The van der Waals surface area contributed by atoms with Crippen molar-refractivity contribution in [2.24, 2.45) is 0 Å². The standard InChI is InChI=1S/C11H11N3/c1-4-7-14(3)11-10(8-12)6-5-9(2)13-11/h1,5-6H,7H2,2-3H3. The largest absolute Gasteiger partial charge is 0.347 e. The third-order valence-corrected chi connectivity index (χ3v) is 1.82. The molecule has 0 bridgehead atoms. The third-order valence-electron chi connectivity index (χ3n) is 1.82. The van der Waals surface area contributed by atoms with Crippen molar-refractivity contribution in [3.63, 3.8) is 0 Å². The minimum atomic E-state index is 0.450. The lowest BCUT2D eigenvalue weighted by molar-refractivity contribution is 0.987. The van der Waals surface area contributed by atoms with Gasteiger partial charge in [-0.05, 0) is 19.1 Å². The first-order chi connectivity index (χ1) is 6.69. The highest BCUT2D eigenvalue weighted by Gasteiger charge is 2.07. The van der Waals surface area contributed by atoms with E-state index in [0.717, 1.165) is 5.69 Å². The lowest BCUT2D eigenvalue weighted by Crippen LogP contribution is -2.19. The van der Waals surface area contributed by atoms with Gasteiger partial charge in [-0.25, -0.2) is 4.98 Å². The van der Waals surface area contributed by atoms with E-state index in [2.05, 4.69) is 17.0 Å². The molecule has 0 saturated carbocycles. The molecule has 0 aliphatic rings. The molecule has 0 spiro atoms. The molecule has 0 amide bonds. The van der Waals surface area contributed by atoms with Gasteiger partial charge in [0.15, 0.2) is 0 Å². The second-order valence-electron chi connectivity index (χ2n) is 3.00. The van der Waals surface area contributed by atoms with Gasteiger partial charge in [-0.15, -0.1) is 6.42 Å². The zero-order valence-electron chi connectivity index (χ0n) is 8.28. The lowest BCUT2D eigenvalue weighted by Gasteiger charge is -2.16. The fourth-order valence-electron chi connectivity index (χ4n) is 1.13. The van der Waals surface area contributed by atoms with Crippen molar-refractivity contribution in [2.45, 2.75) is 6.92 Å². The van der Waals surface area contributed by atoms with Crippen LogP contribution < -0.4 is 4.90 Å². The van der Waals surface area contributed by atoms with Crippen molar-refractivity contribution >= 4 is 5.82 Å². The summed E-state index contributed by atoms with van der Waals surface area (Å²) in [5.41, 5.74) is 1.43. The summed E-state index contributed by atoms with van der Waals surface area (Å²) in [5, 5.41) is 8.86. The van der Waals surface area contributed by atoms with E-state index < -0.39 is 0 Å². The predicted octanol–water partition coefficient (Wildman–Crippen LogP) is 1.33. The maximum atomic E-state index is 8.86. The van der Waals surface area contributed by atoms with Crippen molar-refractivity contribution in [3.8, 4) is 18.4 Å². The Kier molecular flexibility index (Phi) is 3.09. The zero-order valence-corrected chi connectivity index (χ0v) is 8.28. The summed E-state index contributed by atoms with van der Waals surface area (Å²) in [6, 6.07) is 5.66. The van der Waals surface area contributed by atoms with Gasteiger partial charge in [0.1, 0.15) is 11.9 Å². The van der Waals surface area contributed by atoms with Crippen LogP contribution in [0.25, 0.3) is 0 Å². The first-order valence-corrected chi connectivity index (χ1v) is 4.21. The minimum absolute atomic E-state index is 0.450. The Bertz CT molecular complexity index is 410. The normalized spacial score (nSPS) is 8.86. The Hall–Kier alpha value is -2.00. The lowest BCUT2D eigenvalue weighted by atomic mass is 10.2. The molecule has 3 heteroatoms. The number of anilines is 1. The van der Waals surface area contributed by atoms with Crippen molar-refractivity contribution in [1.82, 2.24) is 4.98 Å². The second kappa shape index (κ2) is 4.30. The van der Waals surface area contributed by atoms with E-state index in [1.54, 1.807) is 11.0 Å². The van der Waals surface area contributed by atoms with Gasteiger partial charge in [-0.3, -0.25) is 0 Å². The van der Waals surface area contributed by atoms with Crippen LogP contribution in [0.4, 0.5) is 5.82 Å². The summed E-state index contributed by atoms with van der Waals surface area (Å²) >= 11 is 0. The highest BCUT2D eigenvalue weighted by molar-refractivity contribution is 5.54.